The number of halogens is 3. The van der Waals surface area contributed by atoms with Crippen molar-refractivity contribution in [3.63, 3.8) is 0 Å². The van der Waals surface area contributed by atoms with E-state index in [1.165, 1.54) is 102 Å². The van der Waals surface area contributed by atoms with E-state index in [2.05, 4.69) is 124 Å². The smallest absolute Gasteiger partial charge is 1.00 e. The van der Waals surface area contributed by atoms with E-state index in [0.717, 1.165) is 5.56 Å². The number of allylic oxidation sites excluding steroid dienone is 8. The Kier molecular flexibility index (Phi) is 12.0. The van der Waals surface area contributed by atoms with Crippen molar-refractivity contribution < 1.29 is 53.4 Å². The minimum atomic E-state index is -0.170. The van der Waals surface area contributed by atoms with Gasteiger partial charge in [0.05, 0.1) is 0 Å². The Labute approximate surface area is 303 Å². The fraction of sp³-hybridized carbons (Fsp3) is 0.333. The van der Waals surface area contributed by atoms with E-state index in [1.807, 2.05) is 3.71 Å². The Balaban J connectivity index is 0.000000228. The molecule has 4 aromatic carbocycles. The van der Waals surface area contributed by atoms with Crippen molar-refractivity contribution in [3.05, 3.63) is 124 Å². The monoisotopic (exact) mass is 728 g/mol. The van der Waals surface area contributed by atoms with E-state index in [-0.39, 0.29) is 41.5 Å². The molecule has 1 atom stereocenters. The maximum atomic E-state index is 12.2. The first kappa shape index (κ1) is 38.2. The van der Waals surface area contributed by atoms with Gasteiger partial charge in [0.1, 0.15) is 0 Å². The fourth-order valence-corrected chi connectivity index (χ4v) is 7.74. The van der Waals surface area contributed by atoms with Crippen LogP contribution in [0.15, 0.2) is 84.0 Å². The second-order valence-corrected chi connectivity index (χ2v) is 15.0. The molecule has 0 aliphatic heterocycles. The Bertz CT molecular complexity index is 1800. The SMILES string of the molecule is CC1=CC(C)(C)c2cc3[cH-]c4cc5c(cc4c3cc21)C(C)=CC5(C)C.CC1=[C-]C(C)C=C1C(C)C.Fc1ccc([CH]=[Zr+2])cc1.[Cl-].[Cl-]. The van der Waals surface area contributed by atoms with Crippen LogP contribution in [0, 0.1) is 23.7 Å². The van der Waals surface area contributed by atoms with Crippen molar-refractivity contribution in [1.82, 2.24) is 0 Å². The van der Waals surface area contributed by atoms with Crippen LogP contribution < -0.4 is 24.8 Å². The molecule has 240 valence electrons. The predicted octanol–water partition coefficient (Wildman–Crippen LogP) is 5.60. The van der Waals surface area contributed by atoms with E-state index in [1.54, 1.807) is 12.1 Å². The summed E-state index contributed by atoms with van der Waals surface area (Å²) in [7, 11) is 0. The topological polar surface area (TPSA) is 0 Å². The minimum Gasteiger partial charge on any atom is -1.00 e. The molecule has 0 saturated heterocycles. The summed E-state index contributed by atoms with van der Waals surface area (Å²) in [5.41, 5.74) is 12.8. The number of hydrogen-bond acceptors (Lipinski definition) is 0. The second-order valence-electron chi connectivity index (χ2n) is 14.2. The molecule has 0 bridgehead atoms. The normalized spacial score (nSPS) is 18.1. The molecule has 0 N–H and O–H groups in total. The van der Waals surface area contributed by atoms with Crippen molar-refractivity contribution in [1.29, 1.82) is 0 Å². The van der Waals surface area contributed by atoms with Crippen LogP contribution in [0.2, 0.25) is 0 Å². The number of hydrogen-bond donors (Lipinski definition) is 0. The molecule has 0 heterocycles. The predicted molar refractivity (Wildman–Crippen MR) is 186 cm³/mol. The molecule has 46 heavy (non-hydrogen) atoms. The van der Waals surface area contributed by atoms with Crippen molar-refractivity contribution in [2.75, 3.05) is 0 Å². The molecule has 3 aliphatic rings. The molecule has 4 heteroatoms. The standard InChI is InChI=1S/C25H25.C10H15.C7H5F.2ClH.Zr/c1-14-12-24(3,4)22-8-16-7-17-9-23-19(15(2)13-25(23,5)6)11-21(17)20(16)10-18(14)22;1-7(2)10-6-8(3)5-9(10)4;1-6-2-4-7(8)5-3-6;;;/h7-13H,1-6H3;6-8H,1-4H3;1-5H;2*1H;/q2*-1;;;;+2/p-2. The van der Waals surface area contributed by atoms with Crippen LogP contribution in [0.4, 0.5) is 4.39 Å². The first-order valence-corrected chi connectivity index (χ1v) is 17.2. The van der Waals surface area contributed by atoms with E-state index in [4.69, 9.17) is 0 Å². The van der Waals surface area contributed by atoms with Crippen molar-refractivity contribution in [2.45, 2.75) is 80.1 Å². The average molecular weight is 731 g/mol. The first-order chi connectivity index (χ1) is 20.6. The third-order valence-corrected chi connectivity index (χ3v) is 10.2. The van der Waals surface area contributed by atoms with Gasteiger partial charge < -0.3 is 24.8 Å². The van der Waals surface area contributed by atoms with Gasteiger partial charge in [0.25, 0.3) is 0 Å². The fourth-order valence-electron chi connectivity index (χ4n) is 7.26. The van der Waals surface area contributed by atoms with Crippen LogP contribution in [-0.2, 0) is 35.1 Å². The molecule has 3 aliphatic carbocycles. The summed E-state index contributed by atoms with van der Waals surface area (Å²) in [6, 6.07) is 18.6. The van der Waals surface area contributed by atoms with Crippen LogP contribution in [0.25, 0.3) is 32.7 Å². The van der Waals surface area contributed by atoms with Crippen molar-refractivity contribution in [2.24, 2.45) is 11.8 Å². The van der Waals surface area contributed by atoms with Gasteiger partial charge in [-0.05, 0) is 36.1 Å². The largest absolute Gasteiger partial charge is 1.00 e. The first-order valence-electron chi connectivity index (χ1n) is 15.8. The van der Waals surface area contributed by atoms with Crippen LogP contribution >= 0.6 is 0 Å². The van der Waals surface area contributed by atoms with Gasteiger partial charge >= 0.3 is 68.0 Å². The Morgan fingerprint density at radius 3 is 1.61 bits per heavy atom. The van der Waals surface area contributed by atoms with E-state index >= 15 is 0 Å². The molecule has 0 aromatic heterocycles. The van der Waals surface area contributed by atoms with Gasteiger partial charge in [0.15, 0.2) is 0 Å². The Hall–Kier alpha value is -2.25. The summed E-state index contributed by atoms with van der Waals surface area (Å²) >= 11 is 1.34. The quantitative estimate of drug-likeness (QED) is 0.236. The van der Waals surface area contributed by atoms with E-state index < -0.39 is 0 Å². The van der Waals surface area contributed by atoms with Gasteiger partial charge in [-0.1, -0.05) is 103 Å². The third kappa shape index (κ3) is 7.56. The molecule has 0 radical (unpaired) electrons. The number of fused-ring (bicyclic) bond motifs is 5. The maximum Gasteiger partial charge on any atom is -1.00 e. The van der Waals surface area contributed by atoms with Crippen molar-refractivity contribution >= 4 is 36.4 Å². The molecule has 1 unspecified atom stereocenters. The molecular weight excluding hydrogens is 686 g/mol. The van der Waals surface area contributed by atoms with Crippen molar-refractivity contribution in [3.8, 4) is 0 Å². The molecule has 4 aromatic rings. The zero-order chi connectivity index (χ0) is 32.1. The van der Waals surface area contributed by atoms with Gasteiger partial charge in [0, 0.05) is 10.8 Å². The zero-order valence-electron chi connectivity index (χ0n) is 28.8. The van der Waals surface area contributed by atoms with Gasteiger partial charge in [-0.2, -0.15) is 11.6 Å². The third-order valence-electron chi connectivity index (χ3n) is 9.34. The van der Waals surface area contributed by atoms with Crippen LogP contribution in [0.3, 0.4) is 0 Å². The van der Waals surface area contributed by atoms with E-state index in [9.17, 15) is 4.39 Å². The molecule has 0 spiro atoms. The summed E-state index contributed by atoms with van der Waals surface area (Å²) in [5.74, 6) is 1.03. The molecular formula is C42H45Cl2FZr-2. The number of benzene rings is 3. The molecule has 0 saturated carbocycles. The molecule has 0 fully saturated rings. The Morgan fingerprint density at radius 2 is 1.26 bits per heavy atom. The minimum absolute atomic E-state index is 0. The van der Waals surface area contributed by atoms with Gasteiger partial charge in [-0.25, -0.2) is 5.57 Å². The van der Waals surface area contributed by atoms with E-state index in [0.29, 0.717) is 11.8 Å². The average Bonchev–Trinajstić information content (AvgIpc) is 3.62. The van der Waals surface area contributed by atoms with Crippen LogP contribution in [0.5, 0.6) is 0 Å². The van der Waals surface area contributed by atoms with Gasteiger partial charge in [-0.3, -0.25) is 6.08 Å². The van der Waals surface area contributed by atoms with Gasteiger partial charge in [-0.15, -0.1) is 39.7 Å². The summed E-state index contributed by atoms with van der Waals surface area (Å²) in [6.07, 6.45) is 10.5. The Morgan fingerprint density at radius 1 is 0.804 bits per heavy atom. The second kappa shape index (κ2) is 14.5. The maximum absolute atomic E-state index is 12.2. The van der Waals surface area contributed by atoms with Gasteiger partial charge in [0.2, 0.25) is 0 Å². The summed E-state index contributed by atoms with van der Waals surface area (Å²) < 4.78 is 14.2. The number of rotatable bonds is 2. The van der Waals surface area contributed by atoms with Crippen LogP contribution in [-0.4, -0.2) is 3.71 Å². The summed E-state index contributed by atoms with van der Waals surface area (Å²) in [6.45, 7) is 22.6. The summed E-state index contributed by atoms with van der Waals surface area (Å²) in [4.78, 5) is 0. The molecule has 7 rings (SSSR count). The zero-order valence-corrected chi connectivity index (χ0v) is 32.8. The summed E-state index contributed by atoms with van der Waals surface area (Å²) in [5, 5.41) is 5.57. The van der Waals surface area contributed by atoms with Crippen LogP contribution in [0.1, 0.15) is 97.1 Å². The molecule has 0 nitrogen and oxygen atoms in total. The molecule has 0 amide bonds.